The third kappa shape index (κ3) is 7.16. The second-order valence-corrected chi connectivity index (χ2v) is 9.59. The Morgan fingerprint density at radius 2 is 1.94 bits per heavy atom. The van der Waals surface area contributed by atoms with E-state index in [4.69, 9.17) is 4.74 Å². The van der Waals surface area contributed by atoms with E-state index in [1.807, 2.05) is 26.0 Å². The zero-order valence-electron chi connectivity index (χ0n) is 20.0. The normalized spacial score (nSPS) is 12.4. The number of hydrogen-bond acceptors (Lipinski definition) is 6. The van der Waals surface area contributed by atoms with Gasteiger partial charge in [-0.3, -0.25) is 9.59 Å². The second-order valence-electron chi connectivity index (χ2n) is 8.42. The maximum Gasteiger partial charge on any atom is 0.349 e. The number of nitrogens with one attached hydrogen (secondary N) is 1. The molecule has 2 aromatic rings. The number of hydrogen-bond donors (Lipinski definition) is 1. The van der Waals surface area contributed by atoms with Crippen LogP contribution in [0.4, 0.5) is 0 Å². The zero-order chi connectivity index (χ0) is 24.7. The molecule has 2 rings (SSSR count). The molecule has 1 atom stereocenters. The summed E-state index contributed by atoms with van der Waals surface area (Å²) in [7, 11) is 0. The monoisotopic (exact) mass is 469 g/mol. The van der Waals surface area contributed by atoms with E-state index >= 15 is 0 Å². The molecule has 0 bridgehead atoms. The Hall–Kier alpha value is -3.18. The highest BCUT2D eigenvalue weighted by Gasteiger charge is 2.23. The SMILES string of the molecule is CC(=O)NCc1ccc(C(=O)C(C)OC(=O)/C(C#N)=C/c2cc(C)n(CCC(C)C)c2C)s1. The fraction of sp³-hybridized carbons (Fsp3) is 0.440. The van der Waals surface area contributed by atoms with E-state index in [1.54, 1.807) is 12.1 Å². The van der Waals surface area contributed by atoms with Crippen molar-refractivity contribution >= 4 is 35.1 Å². The number of ether oxygens (including phenoxy) is 1. The van der Waals surface area contributed by atoms with Gasteiger partial charge in [0, 0.05) is 29.7 Å². The lowest BCUT2D eigenvalue weighted by atomic mass is 10.1. The summed E-state index contributed by atoms with van der Waals surface area (Å²) < 4.78 is 7.48. The van der Waals surface area contributed by atoms with Gasteiger partial charge in [0.05, 0.1) is 11.4 Å². The first-order valence-electron chi connectivity index (χ1n) is 10.9. The average Bonchev–Trinajstić information content (AvgIpc) is 3.32. The number of thiophene rings is 1. The topological polar surface area (TPSA) is 101 Å². The zero-order valence-corrected chi connectivity index (χ0v) is 20.8. The number of amides is 1. The Kier molecular flexibility index (Phi) is 9.18. The molecule has 0 radical (unpaired) electrons. The maximum atomic E-state index is 12.7. The van der Waals surface area contributed by atoms with E-state index in [0.29, 0.717) is 17.3 Å². The van der Waals surface area contributed by atoms with E-state index in [0.717, 1.165) is 34.8 Å². The summed E-state index contributed by atoms with van der Waals surface area (Å²) in [5.41, 5.74) is 2.66. The van der Waals surface area contributed by atoms with E-state index in [1.165, 1.54) is 31.3 Å². The molecular weight excluding hydrogens is 438 g/mol. The molecule has 0 aliphatic rings. The number of nitriles is 1. The van der Waals surface area contributed by atoms with Gasteiger partial charge in [0.25, 0.3) is 0 Å². The second kappa shape index (κ2) is 11.6. The Balaban J connectivity index is 2.11. The van der Waals surface area contributed by atoms with Gasteiger partial charge in [-0.15, -0.1) is 11.3 Å². The van der Waals surface area contributed by atoms with Crippen molar-refractivity contribution in [1.29, 1.82) is 5.26 Å². The van der Waals surface area contributed by atoms with Crippen molar-refractivity contribution in [3.8, 4) is 6.07 Å². The summed E-state index contributed by atoms with van der Waals surface area (Å²) in [6.45, 7) is 12.4. The summed E-state index contributed by atoms with van der Waals surface area (Å²) in [6, 6.07) is 7.23. The van der Waals surface area contributed by atoms with Crippen molar-refractivity contribution in [3.05, 3.63) is 50.5 Å². The summed E-state index contributed by atoms with van der Waals surface area (Å²) in [6.07, 6.45) is 1.51. The van der Waals surface area contributed by atoms with E-state index in [9.17, 15) is 19.6 Å². The molecule has 2 heterocycles. The van der Waals surface area contributed by atoms with Crippen LogP contribution in [0.1, 0.15) is 65.6 Å². The minimum Gasteiger partial charge on any atom is -0.450 e. The van der Waals surface area contributed by atoms with Gasteiger partial charge in [0.15, 0.2) is 6.10 Å². The summed E-state index contributed by atoms with van der Waals surface area (Å²) >= 11 is 1.23. The summed E-state index contributed by atoms with van der Waals surface area (Å²) in [5, 5.41) is 12.2. The number of ketones is 1. The number of rotatable bonds is 10. The smallest absolute Gasteiger partial charge is 0.349 e. The number of aryl methyl sites for hydroxylation is 1. The van der Waals surface area contributed by atoms with Crippen LogP contribution >= 0.6 is 11.3 Å². The van der Waals surface area contributed by atoms with Gasteiger partial charge in [-0.2, -0.15) is 5.26 Å². The van der Waals surface area contributed by atoms with E-state index in [2.05, 4.69) is 23.7 Å². The highest BCUT2D eigenvalue weighted by Crippen LogP contribution is 2.22. The van der Waals surface area contributed by atoms with Crippen molar-refractivity contribution in [1.82, 2.24) is 9.88 Å². The lowest BCUT2D eigenvalue weighted by Gasteiger charge is -2.12. The van der Waals surface area contributed by atoms with Crippen LogP contribution in [0, 0.1) is 31.1 Å². The van der Waals surface area contributed by atoms with Crippen LogP contribution < -0.4 is 5.32 Å². The van der Waals surface area contributed by atoms with E-state index < -0.39 is 12.1 Å². The molecule has 0 fully saturated rings. The van der Waals surface area contributed by atoms with Crippen molar-refractivity contribution in [3.63, 3.8) is 0 Å². The molecule has 7 nitrogen and oxygen atoms in total. The van der Waals surface area contributed by atoms with Crippen LogP contribution in [0.5, 0.6) is 0 Å². The van der Waals surface area contributed by atoms with Crippen molar-refractivity contribution in [2.75, 3.05) is 0 Å². The molecule has 8 heteroatoms. The molecule has 0 saturated heterocycles. The van der Waals surface area contributed by atoms with Crippen LogP contribution in [-0.2, 0) is 27.4 Å². The largest absolute Gasteiger partial charge is 0.450 e. The first-order valence-corrected chi connectivity index (χ1v) is 11.7. The van der Waals surface area contributed by atoms with Crippen LogP contribution in [-0.4, -0.2) is 28.3 Å². The minimum atomic E-state index is -1.04. The predicted molar refractivity (Wildman–Crippen MR) is 129 cm³/mol. The molecule has 1 amide bonds. The molecule has 0 aromatic carbocycles. The maximum absolute atomic E-state index is 12.7. The van der Waals surface area contributed by atoms with Crippen LogP contribution in [0.15, 0.2) is 23.8 Å². The fourth-order valence-corrected chi connectivity index (χ4v) is 4.26. The molecule has 33 heavy (non-hydrogen) atoms. The van der Waals surface area contributed by atoms with Gasteiger partial charge in [-0.25, -0.2) is 4.79 Å². The fourth-order valence-electron chi connectivity index (χ4n) is 3.29. The molecule has 1 N–H and O–H groups in total. The molecule has 0 aliphatic carbocycles. The molecule has 0 saturated carbocycles. The van der Waals surface area contributed by atoms with Crippen molar-refractivity contribution in [2.45, 2.75) is 67.2 Å². The van der Waals surface area contributed by atoms with Gasteiger partial charge in [0.2, 0.25) is 11.7 Å². The third-order valence-corrected chi connectivity index (χ3v) is 6.35. The standard InChI is InChI=1S/C25H31N3O4S/c1-15(2)9-10-28-16(3)11-20(17(28)4)12-21(13-26)25(31)32-18(5)24(30)23-8-7-22(33-23)14-27-19(6)29/h7-8,11-12,15,18H,9-10,14H2,1-6H3,(H,27,29)/b21-12+. The number of nitrogens with zero attached hydrogens (tertiary/aromatic N) is 2. The van der Waals surface area contributed by atoms with Gasteiger partial charge in [-0.1, -0.05) is 13.8 Å². The number of carbonyl (C=O) groups excluding carboxylic acids is 3. The van der Waals surface area contributed by atoms with Crippen molar-refractivity contribution in [2.24, 2.45) is 5.92 Å². The van der Waals surface area contributed by atoms with Gasteiger partial charge in [0.1, 0.15) is 11.6 Å². The lowest BCUT2D eigenvalue weighted by Crippen LogP contribution is -2.24. The number of aromatic nitrogens is 1. The highest BCUT2D eigenvalue weighted by atomic mass is 32.1. The third-order valence-electron chi connectivity index (χ3n) is 5.25. The minimum absolute atomic E-state index is 0.156. The van der Waals surface area contributed by atoms with Crippen molar-refractivity contribution < 1.29 is 19.1 Å². The predicted octanol–water partition coefficient (Wildman–Crippen LogP) is 4.57. The van der Waals surface area contributed by atoms with Gasteiger partial charge in [-0.05, 0) is 62.9 Å². The molecule has 176 valence electrons. The molecule has 0 aliphatic heterocycles. The number of Topliss-reactive ketones (excluding diaryl/α,β-unsaturated/α-hetero) is 1. The van der Waals surface area contributed by atoms with E-state index in [-0.39, 0.29) is 17.3 Å². The van der Waals surface area contributed by atoms with Crippen LogP contribution in [0.2, 0.25) is 0 Å². The Morgan fingerprint density at radius 3 is 2.55 bits per heavy atom. The first-order chi connectivity index (χ1) is 15.5. The molecule has 1 unspecified atom stereocenters. The summed E-state index contributed by atoms with van der Waals surface area (Å²) in [5.74, 6) is -0.777. The van der Waals surface area contributed by atoms with Crippen LogP contribution in [0.3, 0.4) is 0 Å². The first kappa shape index (κ1) is 26.1. The molecular formula is C25H31N3O4S. The Bertz CT molecular complexity index is 1100. The highest BCUT2D eigenvalue weighted by molar-refractivity contribution is 7.14. The van der Waals surface area contributed by atoms with Gasteiger partial charge >= 0.3 is 5.97 Å². The summed E-state index contributed by atoms with van der Waals surface area (Å²) in [4.78, 5) is 37.6. The Morgan fingerprint density at radius 1 is 1.24 bits per heavy atom. The average molecular weight is 470 g/mol. The lowest BCUT2D eigenvalue weighted by molar-refractivity contribution is -0.141. The Labute approximate surface area is 199 Å². The van der Waals surface area contributed by atoms with Crippen LogP contribution in [0.25, 0.3) is 6.08 Å². The molecule has 0 spiro atoms. The quantitative estimate of drug-likeness (QED) is 0.238. The number of carbonyl (C=O) groups is 3. The molecule has 2 aromatic heterocycles. The van der Waals surface area contributed by atoms with Gasteiger partial charge < -0.3 is 14.6 Å². The number of esters is 1.